The minimum absolute atomic E-state index is 0.425. The number of nitrogens with zero attached hydrogens (tertiary/aromatic N) is 1. The van der Waals surface area contributed by atoms with Crippen LogP contribution in [0.5, 0.6) is 0 Å². The SMILES string of the molecule is CCCCCCCCCCCC(=O)N1CCCCCCCCC1. The molecular weight excluding hydrogens is 282 g/mol. The van der Waals surface area contributed by atoms with Crippen LogP contribution in [0, 0.1) is 0 Å². The summed E-state index contributed by atoms with van der Waals surface area (Å²) >= 11 is 0. The average molecular weight is 324 g/mol. The van der Waals surface area contributed by atoms with Gasteiger partial charge in [0, 0.05) is 19.5 Å². The lowest BCUT2D eigenvalue weighted by molar-refractivity contribution is -0.131. The van der Waals surface area contributed by atoms with Crippen LogP contribution in [0.4, 0.5) is 0 Å². The molecule has 0 atom stereocenters. The van der Waals surface area contributed by atoms with E-state index < -0.39 is 0 Å². The van der Waals surface area contributed by atoms with E-state index in [9.17, 15) is 4.79 Å². The van der Waals surface area contributed by atoms with Gasteiger partial charge in [0.25, 0.3) is 0 Å². The largest absolute Gasteiger partial charge is 0.343 e. The fraction of sp³-hybridized carbons (Fsp3) is 0.952. The van der Waals surface area contributed by atoms with Crippen LogP contribution in [0.25, 0.3) is 0 Å². The minimum Gasteiger partial charge on any atom is -0.343 e. The summed E-state index contributed by atoms with van der Waals surface area (Å²) in [4.78, 5) is 14.6. The molecule has 0 aliphatic carbocycles. The molecule has 0 aromatic carbocycles. The van der Waals surface area contributed by atoms with E-state index in [1.54, 1.807) is 0 Å². The van der Waals surface area contributed by atoms with Crippen LogP contribution >= 0.6 is 0 Å². The van der Waals surface area contributed by atoms with Gasteiger partial charge in [-0.05, 0) is 19.3 Å². The van der Waals surface area contributed by atoms with Crippen LogP contribution < -0.4 is 0 Å². The fourth-order valence-electron chi connectivity index (χ4n) is 3.60. The number of hydrogen-bond donors (Lipinski definition) is 0. The second-order valence-electron chi connectivity index (χ2n) is 7.43. The Morgan fingerprint density at radius 2 is 1.09 bits per heavy atom. The number of hydrogen-bond acceptors (Lipinski definition) is 1. The van der Waals surface area contributed by atoms with Gasteiger partial charge in [-0.25, -0.2) is 0 Å². The summed E-state index contributed by atoms with van der Waals surface area (Å²) < 4.78 is 0. The van der Waals surface area contributed by atoms with Gasteiger partial charge in [0.1, 0.15) is 0 Å². The highest BCUT2D eigenvalue weighted by Crippen LogP contribution is 2.14. The van der Waals surface area contributed by atoms with Crippen LogP contribution in [-0.4, -0.2) is 23.9 Å². The maximum Gasteiger partial charge on any atom is 0.222 e. The van der Waals surface area contributed by atoms with Gasteiger partial charge in [0.05, 0.1) is 0 Å². The number of amides is 1. The summed E-state index contributed by atoms with van der Waals surface area (Å²) in [6.45, 7) is 4.29. The highest BCUT2D eigenvalue weighted by molar-refractivity contribution is 5.76. The molecule has 2 heteroatoms. The zero-order chi connectivity index (χ0) is 16.6. The van der Waals surface area contributed by atoms with E-state index in [0.29, 0.717) is 5.91 Å². The van der Waals surface area contributed by atoms with Crippen LogP contribution in [0.3, 0.4) is 0 Å². The van der Waals surface area contributed by atoms with Crippen LogP contribution in [0.1, 0.15) is 116 Å². The smallest absolute Gasteiger partial charge is 0.222 e. The van der Waals surface area contributed by atoms with Gasteiger partial charge in [-0.1, -0.05) is 90.4 Å². The molecule has 0 spiro atoms. The van der Waals surface area contributed by atoms with E-state index in [-0.39, 0.29) is 0 Å². The monoisotopic (exact) mass is 323 g/mol. The Bertz CT molecular complexity index is 267. The first kappa shape index (κ1) is 20.5. The third-order valence-corrected chi connectivity index (χ3v) is 5.20. The van der Waals surface area contributed by atoms with Crippen molar-refractivity contribution in [2.75, 3.05) is 13.1 Å². The number of rotatable bonds is 10. The first-order valence-electron chi connectivity index (χ1n) is 10.6. The molecule has 23 heavy (non-hydrogen) atoms. The molecule has 0 unspecified atom stereocenters. The van der Waals surface area contributed by atoms with Gasteiger partial charge in [-0.2, -0.15) is 0 Å². The maximum absolute atomic E-state index is 12.4. The molecule has 0 radical (unpaired) electrons. The van der Waals surface area contributed by atoms with Gasteiger partial charge in [0.15, 0.2) is 0 Å². The van der Waals surface area contributed by atoms with Crippen molar-refractivity contribution >= 4 is 5.91 Å². The molecule has 0 saturated carbocycles. The van der Waals surface area contributed by atoms with Crippen LogP contribution in [0.15, 0.2) is 0 Å². The van der Waals surface area contributed by atoms with Gasteiger partial charge in [-0.3, -0.25) is 4.79 Å². The fourth-order valence-corrected chi connectivity index (χ4v) is 3.60. The maximum atomic E-state index is 12.4. The van der Waals surface area contributed by atoms with Crippen molar-refractivity contribution in [3.63, 3.8) is 0 Å². The van der Waals surface area contributed by atoms with Crippen molar-refractivity contribution in [2.24, 2.45) is 0 Å². The summed E-state index contributed by atoms with van der Waals surface area (Å²) in [6, 6.07) is 0. The molecule has 0 aromatic heterocycles. The first-order valence-corrected chi connectivity index (χ1v) is 10.6. The van der Waals surface area contributed by atoms with E-state index >= 15 is 0 Å². The molecule has 0 N–H and O–H groups in total. The van der Waals surface area contributed by atoms with Gasteiger partial charge < -0.3 is 4.90 Å². The molecule has 1 saturated heterocycles. The molecule has 1 aliphatic rings. The molecule has 1 fully saturated rings. The summed E-state index contributed by atoms with van der Waals surface area (Å²) in [6.07, 6.45) is 21.9. The van der Waals surface area contributed by atoms with E-state index in [2.05, 4.69) is 11.8 Å². The van der Waals surface area contributed by atoms with Gasteiger partial charge >= 0.3 is 0 Å². The summed E-state index contributed by atoms with van der Waals surface area (Å²) in [7, 11) is 0. The second kappa shape index (κ2) is 15.0. The molecule has 0 aromatic rings. The highest BCUT2D eigenvalue weighted by atomic mass is 16.2. The molecule has 1 amide bonds. The summed E-state index contributed by atoms with van der Waals surface area (Å²) in [5, 5.41) is 0. The van der Waals surface area contributed by atoms with Crippen LogP contribution in [0.2, 0.25) is 0 Å². The molecule has 2 nitrogen and oxygen atoms in total. The minimum atomic E-state index is 0.425. The average Bonchev–Trinajstić information content (AvgIpc) is 2.58. The van der Waals surface area contributed by atoms with Crippen molar-refractivity contribution in [3.05, 3.63) is 0 Å². The standard InChI is InChI=1S/C21H41NO/c1-2-3-4-5-6-7-9-12-15-18-21(23)22-19-16-13-10-8-11-14-17-20-22/h2-20H2,1H3. The number of carbonyl (C=O) groups excluding carboxylic acids is 1. The Labute approximate surface area is 145 Å². The van der Waals surface area contributed by atoms with E-state index in [1.807, 2.05) is 0 Å². The van der Waals surface area contributed by atoms with E-state index in [4.69, 9.17) is 0 Å². The Morgan fingerprint density at radius 3 is 1.61 bits per heavy atom. The quantitative estimate of drug-likeness (QED) is 0.421. The zero-order valence-corrected chi connectivity index (χ0v) is 15.8. The molecule has 1 heterocycles. The number of carbonyl (C=O) groups is 1. The van der Waals surface area contributed by atoms with E-state index in [0.717, 1.165) is 25.9 Å². The van der Waals surface area contributed by atoms with Crippen molar-refractivity contribution < 1.29 is 4.79 Å². The molecule has 136 valence electrons. The lowest BCUT2D eigenvalue weighted by atomic mass is 10.1. The van der Waals surface area contributed by atoms with E-state index in [1.165, 1.54) is 96.3 Å². The van der Waals surface area contributed by atoms with Crippen LogP contribution in [-0.2, 0) is 4.79 Å². The zero-order valence-electron chi connectivity index (χ0n) is 15.8. The molecule has 1 aliphatic heterocycles. The first-order chi connectivity index (χ1) is 11.3. The number of unbranched alkanes of at least 4 members (excludes halogenated alkanes) is 8. The Balaban J connectivity index is 2.02. The lowest BCUT2D eigenvalue weighted by Crippen LogP contribution is -2.33. The Kier molecular flexibility index (Phi) is 13.4. The summed E-state index contributed by atoms with van der Waals surface area (Å²) in [5.41, 5.74) is 0. The third kappa shape index (κ3) is 11.6. The Hall–Kier alpha value is -0.530. The van der Waals surface area contributed by atoms with Crippen molar-refractivity contribution in [1.82, 2.24) is 4.90 Å². The second-order valence-corrected chi connectivity index (χ2v) is 7.43. The topological polar surface area (TPSA) is 20.3 Å². The van der Waals surface area contributed by atoms with Crippen molar-refractivity contribution in [1.29, 1.82) is 0 Å². The molecular formula is C21H41NO. The Morgan fingerprint density at radius 1 is 0.652 bits per heavy atom. The lowest BCUT2D eigenvalue weighted by Gasteiger charge is -2.24. The molecule has 1 rings (SSSR count). The van der Waals surface area contributed by atoms with Crippen molar-refractivity contribution in [2.45, 2.75) is 116 Å². The third-order valence-electron chi connectivity index (χ3n) is 5.20. The molecule has 0 bridgehead atoms. The predicted molar refractivity (Wildman–Crippen MR) is 101 cm³/mol. The van der Waals surface area contributed by atoms with Gasteiger partial charge in [-0.15, -0.1) is 0 Å². The summed E-state index contributed by atoms with van der Waals surface area (Å²) in [5.74, 6) is 0.425. The predicted octanol–water partition coefficient (Wildman–Crippen LogP) is 6.48. The van der Waals surface area contributed by atoms with Gasteiger partial charge in [0.2, 0.25) is 5.91 Å². The van der Waals surface area contributed by atoms with Crippen molar-refractivity contribution in [3.8, 4) is 0 Å². The normalized spacial score (nSPS) is 17.2. The highest BCUT2D eigenvalue weighted by Gasteiger charge is 2.13.